The largest absolute Gasteiger partial charge is 0.506 e. The number of benzene rings is 3. The van der Waals surface area contributed by atoms with E-state index < -0.39 is 6.09 Å². The van der Waals surface area contributed by atoms with E-state index in [-0.39, 0.29) is 11.7 Å². The van der Waals surface area contributed by atoms with Gasteiger partial charge in [-0.05, 0) is 48.5 Å². The number of hydrogen-bond acceptors (Lipinski definition) is 4. The molecule has 0 spiro atoms. The minimum Gasteiger partial charge on any atom is -0.506 e. The number of aromatic hydroxyl groups is 1. The molecule has 28 heavy (non-hydrogen) atoms. The summed E-state index contributed by atoms with van der Waals surface area (Å²) in [7, 11) is 1.63. The number of anilines is 3. The summed E-state index contributed by atoms with van der Waals surface area (Å²) in [6, 6.07) is 22.2. The second-order valence-corrected chi connectivity index (χ2v) is 6.10. The molecular weight excluding hydrogens is 356 g/mol. The van der Waals surface area contributed by atoms with Gasteiger partial charge in [0.1, 0.15) is 11.5 Å². The first kappa shape index (κ1) is 19.0. The number of nitrogens with zero attached hydrogens (tertiary/aromatic N) is 2. The zero-order valence-electron chi connectivity index (χ0n) is 15.6. The number of hydrogen-bond donors (Lipinski definition) is 1. The van der Waals surface area contributed by atoms with Crippen LogP contribution in [0.25, 0.3) is 0 Å². The molecule has 2 amide bonds. The first-order valence-electron chi connectivity index (χ1n) is 8.66. The number of carbonyl (C=O) groups is 2. The van der Waals surface area contributed by atoms with Gasteiger partial charge in [-0.15, -0.1) is 0 Å². The fourth-order valence-electron chi connectivity index (χ4n) is 2.73. The fourth-order valence-corrected chi connectivity index (χ4v) is 2.73. The van der Waals surface area contributed by atoms with Crippen molar-refractivity contribution in [2.24, 2.45) is 0 Å². The lowest BCUT2D eigenvalue weighted by Gasteiger charge is -2.22. The Morgan fingerprint density at radius 3 is 2.04 bits per heavy atom. The summed E-state index contributed by atoms with van der Waals surface area (Å²) in [4.78, 5) is 27.2. The lowest BCUT2D eigenvalue weighted by Crippen LogP contribution is -2.29. The van der Waals surface area contributed by atoms with Gasteiger partial charge in [-0.2, -0.15) is 0 Å². The van der Waals surface area contributed by atoms with Crippen molar-refractivity contribution in [1.29, 1.82) is 0 Å². The Morgan fingerprint density at radius 1 is 0.821 bits per heavy atom. The molecule has 3 aromatic rings. The molecule has 0 aliphatic heterocycles. The zero-order valence-corrected chi connectivity index (χ0v) is 15.6. The van der Waals surface area contributed by atoms with E-state index in [0.717, 1.165) is 0 Å². The van der Waals surface area contributed by atoms with Crippen LogP contribution in [0.2, 0.25) is 0 Å². The maximum absolute atomic E-state index is 12.3. The number of amides is 2. The van der Waals surface area contributed by atoms with Gasteiger partial charge in [-0.25, -0.2) is 4.79 Å². The Hall–Kier alpha value is -3.80. The Morgan fingerprint density at radius 2 is 1.43 bits per heavy atom. The summed E-state index contributed by atoms with van der Waals surface area (Å²) in [5.74, 6) is 0.0880. The van der Waals surface area contributed by atoms with Gasteiger partial charge >= 0.3 is 6.09 Å². The van der Waals surface area contributed by atoms with Crippen molar-refractivity contribution in [2.75, 3.05) is 16.8 Å². The number of phenols is 1. The van der Waals surface area contributed by atoms with E-state index in [1.807, 2.05) is 18.2 Å². The molecule has 0 bridgehead atoms. The van der Waals surface area contributed by atoms with Gasteiger partial charge in [0, 0.05) is 25.3 Å². The van der Waals surface area contributed by atoms with Gasteiger partial charge in [0.2, 0.25) is 5.91 Å². The molecule has 0 aliphatic carbocycles. The molecular formula is C22H20N2O4. The minimum atomic E-state index is -0.525. The minimum absolute atomic E-state index is 0.00214. The topological polar surface area (TPSA) is 70.1 Å². The molecule has 0 radical (unpaired) electrons. The third-order valence-electron chi connectivity index (χ3n) is 4.15. The van der Waals surface area contributed by atoms with E-state index in [9.17, 15) is 14.7 Å². The monoisotopic (exact) mass is 376 g/mol. The molecule has 0 saturated heterocycles. The first-order valence-corrected chi connectivity index (χ1v) is 8.66. The van der Waals surface area contributed by atoms with Gasteiger partial charge in [-0.3, -0.25) is 14.6 Å². The van der Waals surface area contributed by atoms with Crippen molar-refractivity contribution in [1.82, 2.24) is 0 Å². The van der Waals surface area contributed by atoms with E-state index in [2.05, 4.69) is 0 Å². The average Bonchev–Trinajstić information content (AvgIpc) is 2.70. The average molecular weight is 376 g/mol. The highest BCUT2D eigenvalue weighted by molar-refractivity contribution is 6.00. The molecule has 0 fully saturated rings. The molecule has 0 heterocycles. The number of rotatable bonds is 4. The number of para-hydroxylation sites is 3. The second kappa shape index (κ2) is 8.26. The van der Waals surface area contributed by atoms with Crippen LogP contribution < -0.4 is 14.5 Å². The van der Waals surface area contributed by atoms with Crippen LogP contribution in [0.5, 0.6) is 11.5 Å². The molecule has 0 aliphatic rings. The normalized spacial score (nSPS) is 10.2. The highest BCUT2D eigenvalue weighted by Crippen LogP contribution is 2.33. The number of ether oxygens (including phenoxy) is 1. The van der Waals surface area contributed by atoms with Crippen molar-refractivity contribution in [3.8, 4) is 11.5 Å². The van der Waals surface area contributed by atoms with E-state index in [0.29, 0.717) is 22.8 Å². The summed E-state index contributed by atoms with van der Waals surface area (Å²) < 4.78 is 5.39. The first-order chi connectivity index (χ1) is 13.5. The van der Waals surface area contributed by atoms with Crippen LogP contribution >= 0.6 is 0 Å². The zero-order chi connectivity index (χ0) is 20.1. The van der Waals surface area contributed by atoms with E-state index in [1.54, 1.807) is 61.6 Å². The fraction of sp³-hybridized carbons (Fsp3) is 0.0909. The van der Waals surface area contributed by atoms with Crippen LogP contribution in [0, 0.1) is 0 Å². The van der Waals surface area contributed by atoms with Crippen molar-refractivity contribution >= 4 is 29.1 Å². The van der Waals surface area contributed by atoms with Crippen molar-refractivity contribution < 1.29 is 19.4 Å². The summed E-state index contributed by atoms with van der Waals surface area (Å²) in [6.07, 6.45) is -0.525. The van der Waals surface area contributed by atoms with Crippen LogP contribution in [-0.2, 0) is 4.79 Å². The highest BCUT2D eigenvalue weighted by atomic mass is 16.6. The van der Waals surface area contributed by atoms with E-state index in [1.165, 1.54) is 22.8 Å². The van der Waals surface area contributed by atoms with Crippen molar-refractivity contribution in [2.45, 2.75) is 6.92 Å². The number of phenolic OH excluding ortho intramolecular Hbond substituents is 1. The maximum Gasteiger partial charge on any atom is 0.419 e. The third kappa shape index (κ3) is 4.12. The molecule has 0 atom stereocenters. The quantitative estimate of drug-likeness (QED) is 0.716. The Balaban J connectivity index is 1.78. The van der Waals surface area contributed by atoms with Crippen molar-refractivity contribution in [3.63, 3.8) is 0 Å². The van der Waals surface area contributed by atoms with Gasteiger partial charge in [0.25, 0.3) is 0 Å². The van der Waals surface area contributed by atoms with Crippen LogP contribution in [0.1, 0.15) is 6.92 Å². The lowest BCUT2D eigenvalue weighted by atomic mass is 10.2. The summed E-state index contributed by atoms with van der Waals surface area (Å²) in [6.45, 7) is 1.41. The molecule has 3 rings (SSSR count). The smallest absolute Gasteiger partial charge is 0.419 e. The predicted octanol–water partition coefficient (Wildman–Crippen LogP) is 4.71. The predicted molar refractivity (Wildman–Crippen MR) is 108 cm³/mol. The summed E-state index contributed by atoms with van der Waals surface area (Å²) in [5, 5.41) is 10.1. The second-order valence-electron chi connectivity index (χ2n) is 6.10. The van der Waals surface area contributed by atoms with Crippen LogP contribution in [0.3, 0.4) is 0 Å². The number of carbonyl (C=O) groups excluding carboxylic acids is 2. The van der Waals surface area contributed by atoms with Crippen molar-refractivity contribution in [3.05, 3.63) is 78.9 Å². The van der Waals surface area contributed by atoms with Crippen LogP contribution in [0.4, 0.5) is 21.9 Å². The Bertz CT molecular complexity index is 971. The van der Waals surface area contributed by atoms with Crippen LogP contribution in [0.15, 0.2) is 78.9 Å². The Labute approximate surface area is 163 Å². The van der Waals surface area contributed by atoms with Gasteiger partial charge < -0.3 is 9.84 Å². The molecule has 0 aromatic heterocycles. The molecule has 6 heteroatoms. The highest BCUT2D eigenvalue weighted by Gasteiger charge is 2.18. The molecule has 3 aromatic carbocycles. The maximum atomic E-state index is 12.3. The molecule has 1 N–H and O–H groups in total. The van der Waals surface area contributed by atoms with Crippen LogP contribution in [-0.4, -0.2) is 24.2 Å². The van der Waals surface area contributed by atoms with Gasteiger partial charge in [0.15, 0.2) is 0 Å². The molecule has 6 nitrogen and oxygen atoms in total. The SMILES string of the molecule is CC(=O)N(c1ccc(OC(=O)N(C)c2ccccc2)cc1)c1ccccc1O. The standard InChI is InChI=1S/C22H20N2O4/c1-16(25)24(20-10-6-7-11-21(20)26)18-12-14-19(15-13-18)28-22(27)23(2)17-8-4-3-5-9-17/h3-15,26H,1-2H3. The lowest BCUT2D eigenvalue weighted by molar-refractivity contribution is -0.115. The Kier molecular flexibility index (Phi) is 5.60. The van der Waals surface area contributed by atoms with E-state index in [4.69, 9.17) is 4.74 Å². The third-order valence-corrected chi connectivity index (χ3v) is 4.15. The molecule has 142 valence electrons. The van der Waals surface area contributed by atoms with Gasteiger partial charge in [-0.1, -0.05) is 30.3 Å². The molecule has 0 unspecified atom stereocenters. The van der Waals surface area contributed by atoms with E-state index >= 15 is 0 Å². The molecule has 0 saturated carbocycles. The van der Waals surface area contributed by atoms with Gasteiger partial charge in [0.05, 0.1) is 5.69 Å². The summed E-state index contributed by atoms with van der Waals surface area (Å²) in [5.41, 5.74) is 1.64. The summed E-state index contributed by atoms with van der Waals surface area (Å²) >= 11 is 0.